The minimum absolute atomic E-state index is 0.110. The van der Waals surface area contributed by atoms with Crippen LogP contribution < -0.4 is 10.2 Å². The van der Waals surface area contributed by atoms with Gasteiger partial charge in [0, 0.05) is 11.6 Å². The average molecular weight is 486 g/mol. The summed E-state index contributed by atoms with van der Waals surface area (Å²) in [5, 5.41) is 13.5. The van der Waals surface area contributed by atoms with E-state index in [1.165, 1.54) is 56.2 Å². The molecule has 36 heavy (non-hydrogen) atoms. The fraction of sp³-hybridized carbons (Fsp3) is 0.393. The van der Waals surface area contributed by atoms with E-state index in [0.717, 1.165) is 22.7 Å². The summed E-state index contributed by atoms with van der Waals surface area (Å²) in [6.07, 6.45) is 8.99. The van der Waals surface area contributed by atoms with Crippen LogP contribution >= 0.6 is 0 Å². The van der Waals surface area contributed by atoms with Gasteiger partial charge in [0.1, 0.15) is 5.57 Å². The van der Waals surface area contributed by atoms with Gasteiger partial charge in [-0.2, -0.15) is 0 Å². The fourth-order valence-corrected chi connectivity index (χ4v) is 7.40. The van der Waals surface area contributed by atoms with Gasteiger partial charge in [-0.3, -0.25) is 25.0 Å². The van der Waals surface area contributed by atoms with Crippen molar-refractivity contribution in [3.05, 3.63) is 74.8 Å². The summed E-state index contributed by atoms with van der Waals surface area (Å²) in [7, 11) is 0. The monoisotopic (exact) mass is 485 g/mol. The smallest absolute Gasteiger partial charge is 0.273 e. The SMILES string of the molecule is Cc1ccc(/C=C2\C(=O)NC(=O)N(c3ccc(C45CC6CC(CC(C6)C4)C5)cc3)C2=O)cc1[N+](=O)[O-]. The van der Waals surface area contributed by atoms with E-state index >= 15 is 0 Å². The summed E-state index contributed by atoms with van der Waals surface area (Å²) >= 11 is 0. The first kappa shape index (κ1) is 22.6. The molecule has 8 nitrogen and oxygen atoms in total. The minimum Gasteiger partial charge on any atom is -0.273 e. The van der Waals surface area contributed by atoms with E-state index in [2.05, 4.69) is 5.32 Å². The lowest BCUT2D eigenvalue weighted by Gasteiger charge is -2.57. The second-order valence-corrected chi connectivity index (χ2v) is 11.0. The van der Waals surface area contributed by atoms with Crippen molar-refractivity contribution in [1.29, 1.82) is 0 Å². The van der Waals surface area contributed by atoms with Crippen molar-refractivity contribution >= 4 is 35.3 Å². The van der Waals surface area contributed by atoms with Crippen molar-refractivity contribution in [2.45, 2.75) is 50.9 Å². The van der Waals surface area contributed by atoms with Crippen LogP contribution in [0.5, 0.6) is 0 Å². The van der Waals surface area contributed by atoms with Crippen LogP contribution in [0.25, 0.3) is 6.08 Å². The van der Waals surface area contributed by atoms with Crippen LogP contribution in [-0.4, -0.2) is 22.8 Å². The molecule has 0 unspecified atom stereocenters. The summed E-state index contributed by atoms with van der Waals surface area (Å²) in [5.74, 6) is 0.842. The Hall–Kier alpha value is -3.81. The fourth-order valence-electron chi connectivity index (χ4n) is 7.40. The number of amides is 4. The van der Waals surface area contributed by atoms with Crippen molar-refractivity contribution in [1.82, 2.24) is 5.32 Å². The molecule has 5 fully saturated rings. The van der Waals surface area contributed by atoms with Gasteiger partial charge in [0.25, 0.3) is 17.5 Å². The Morgan fingerprint density at radius 3 is 2.17 bits per heavy atom. The maximum absolute atomic E-state index is 13.3. The van der Waals surface area contributed by atoms with Gasteiger partial charge in [0.2, 0.25) is 0 Å². The number of carbonyl (C=O) groups excluding carboxylic acids is 3. The molecular weight excluding hydrogens is 458 g/mol. The van der Waals surface area contributed by atoms with E-state index in [1.54, 1.807) is 31.2 Å². The Kier molecular flexibility index (Phi) is 5.10. The molecule has 1 heterocycles. The van der Waals surface area contributed by atoms with Crippen LogP contribution in [0.15, 0.2) is 48.0 Å². The van der Waals surface area contributed by atoms with E-state index in [9.17, 15) is 24.5 Å². The number of benzene rings is 2. The molecule has 4 bridgehead atoms. The van der Waals surface area contributed by atoms with Crippen LogP contribution in [0, 0.1) is 34.8 Å². The third kappa shape index (κ3) is 3.63. The number of nitro benzene ring substituents is 1. The summed E-state index contributed by atoms with van der Waals surface area (Å²) < 4.78 is 0. The van der Waals surface area contributed by atoms with Gasteiger partial charge in [0.05, 0.1) is 10.6 Å². The maximum Gasteiger partial charge on any atom is 0.335 e. The van der Waals surface area contributed by atoms with E-state index in [-0.39, 0.29) is 16.7 Å². The molecule has 184 valence electrons. The molecule has 2 aromatic carbocycles. The van der Waals surface area contributed by atoms with Crippen molar-refractivity contribution in [2.75, 3.05) is 4.90 Å². The molecule has 5 aliphatic rings. The largest absolute Gasteiger partial charge is 0.335 e. The normalized spacial score (nSPS) is 30.1. The highest BCUT2D eigenvalue weighted by Crippen LogP contribution is 2.60. The average Bonchev–Trinajstić information content (AvgIpc) is 2.82. The molecule has 0 atom stereocenters. The number of nitrogens with one attached hydrogen (secondary N) is 1. The number of aryl methyl sites for hydroxylation is 1. The van der Waals surface area contributed by atoms with Crippen LogP contribution in [-0.2, 0) is 15.0 Å². The van der Waals surface area contributed by atoms with Crippen molar-refractivity contribution in [2.24, 2.45) is 17.8 Å². The van der Waals surface area contributed by atoms with Crippen molar-refractivity contribution in [3.8, 4) is 0 Å². The number of rotatable bonds is 4. The Balaban J connectivity index is 1.29. The van der Waals surface area contributed by atoms with Gasteiger partial charge < -0.3 is 0 Å². The summed E-state index contributed by atoms with van der Waals surface area (Å²) in [5.41, 5.74) is 2.30. The zero-order chi connectivity index (χ0) is 25.2. The summed E-state index contributed by atoms with van der Waals surface area (Å²) in [4.78, 5) is 50.2. The number of nitrogens with zero attached hydrogens (tertiary/aromatic N) is 2. The first-order valence-electron chi connectivity index (χ1n) is 12.5. The molecule has 0 aromatic heterocycles. The molecule has 7 rings (SSSR count). The standard InChI is InChI=1S/C28H27N3O5/c1-16-2-3-17(12-24(16)31(35)36)11-23-25(32)29-27(34)30(26(23)33)22-6-4-21(5-7-22)28-13-18-8-19(14-28)10-20(9-18)15-28/h2-7,11-12,18-20H,8-10,13-15H2,1H3,(H,29,32,34)/b23-11+. The number of barbiturate groups is 1. The van der Waals surface area contributed by atoms with Crippen molar-refractivity contribution < 1.29 is 19.3 Å². The molecule has 0 spiro atoms. The first-order valence-corrected chi connectivity index (χ1v) is 12.5. The second kappa shape index (κ2) is 8.11. The van der Waals surface area contributed by atoms with E-state index in [1.807, 2.05) is 12.1 Å². The number of carbonyl (C=O) groups is 3. The predicted octanol–water partition coefficient (Wildman–Crippen LogP) is 5.04. The van der Waals surface area contributed by atoms with Gasteiger partial charge >= 0.3 is 6.03 Å². The summed E-state index contributed by atoms with van der Waals surface area (Å²) in [6.45, 7) is 1.61. The number of nitro groups is 1. The quantitative estimate of drug-likeness (QED) is 0.282. The van der Waals surface area contributed by atoms with Gasteiger partial charge in [-0.15, -0.1) is 0 Å². The number of hydrogen-bond acceptors (Lipinski definition) is 5. The molecule has 4 aliphatic carbocycles. The molecule has 1 aliphatic heterocycles. The number of urea groups is 1. The highest BCUT2D eigenvalue weighted by atomic mass is 16.6. The van der Waals surface area contributed by atoms with Crippen molar-refractivity contribution in [3.63, 3.8) is 0 Å². The zero-order valence-corrected chi connectivity index (χ0v) is 20.0. The highest BCUT2D eigenvalue weighted by molar-refractivity contribution is 6.39. The van der Waals surface area contributed by atoms with E-state index < -0.39 is 22.8 Å². The Morgan fingerprint density at radius 1 is 0.972 bits per heavy atom. The molecule has 4 saturated carbocycles. The van der Waals surface area contributed by atoms with E-state index in [4.69, 9.17) is 0 Å². The molecule has 8 heteroatoms. The molecule has 1 saturated heterocycles. The Labute approximate surface area is 208 Å². The van der Waals surface area contributed by atoms with E-state index in [0.29, 0.717) is 16.8 Å². The Bertz CT molecular complexity index is 1310. The van der Waals surface area contributed by atoms with Gasteiger partial charge in [-0.05, 0) is 98.0 Å². The Morgan fingerprint density at radius 2 is 1.58 bits per heavy atom. The lowest BCUT2D eigenvalue weighted by molar-refractivity contribution is -0.385. The lowest BCUT2D eigenvalue weighted by Crippen LogP contribution is -2.54. The predicted molar refractivity (Wildman–Crippen MR) is 133 cm³/mol. The van der Waals surface area contributed by atoms with Gasteiger partial charge in [-0.1, -0.05) is 24.3 Å². The minimum atomic E-state index is -0.824. The topological polar surface area (TPSA) is 110 Å². The molecular formula is C28H27N3O5. The second-order valence-electron chi connectivity index (χ2n) is 11.0. The zero-order valence-electron chi connectivity index (χ0n) is 20.0. The van der Waals surface area contributed by atoms with Gasteiger partial charge in [0.15, 0.2) is 0 Å². The highest BCUT2D eigenvalue weighted by Gasteiger charge is 2.51. The number of anilines is 1. The van der Waals surface area contributed by atoms with Crippen LogP contribution in [0.2, 0.25) is 0 Å². The first-order chi connectivity index (χ1) is 17.2. The lowest BCUT2D eigenvalue weighted by atomic mass is 9.48. The number of hydrogen-bond donors (Lipinski definition) is 1. The third-order valence-electron chi connectivity index (χ3n) is 8.62. The van der Waals surface area contributed by atoms with Gasteiger partial charge in [-0.25, -0.2) is 9.69 Å². The third-order valence-corrected chi connectivity index (χ3v) is 8.62. The molecule has 2 aromatic rings. The van der Waals surface area contributed by atoms with Crippen LogP contribution in [0.1, 0.15) is 55.2 Å². The van der Waals surface area contributed by atoms with Crippen LogP contribution in [0.4, 0.5) is 16.2 Å². The molecule has 4 amide bonds. The molecule has 0 radical (unpaired) electrons. The number of imide groups is 2. The summed E-state index contributed by atoms with van der Waals surface area (Å²) in [6, 6.07) is 11.3. The maximum atomic E-state index is 13.3. The van der Waals surface area contributed by atoms with Crippen LogP contribution in [0.3, 0.4) is 0 Å². The molecule has 1 N–H and O–H groups in total.